The second-order valence-electron chi connectivity index (χ2n) is 9.22. The normalized spacial score (nSPS) is 9.26. The molecule has 0 spiro atoms. The van der Waals surface area contributed by atoms with Gasteiger partial charge in [0.25, 0.3) is 0 Å². The monoisotopic (exact) mass is 1010 g/mol. The van der Waals surface area contributed by atoms with Crippen molar-refractivity contribution in [3.8, 4) is 22.8 Å². The Balaban J connectivity index is 0.000000344. The number of rotatable bonds is 5. The second-order valence-corrected chi connectivity index (χ2v) is 12.0. The minimum Gasteiger partial charge on any atom is -0.545 e. The van der Waals surface area contributed by atoms with Crippen LogP contribution in [0.15, 0.2) is 153 Å². The largest absolute Gasteiger partial charge is 3.00 e. The fourth-order valence-electron chi connectivity index (χ4n) is 3.51. The average molecular weight is 1010 g/mol. The van der Waals surface area contributed by atoms with Crippen LogP contribution in [-0.4, -0.2) is 32.9 Å². The van der Waals surface area contributed by atoms with E-state index >= 15 is 0 Å². The van der Waals surface area contributed by atoms with Gasteiger partial charge >= 0.3 is 38.2 Å². The molecule has 0 saturated carbocycles. The first-order valence-electron chi connectivity index (χ1n) is 13.7. The van der Waals surface area contributed by atoms with Gasteiger partial charge in [-0.1, -0.05) is 102 Å². The van der Waals surface area contributed by atoms with E-state index in [1.807, 2.05) is 54.6 Å². The number of hydrogen-bond donors (Lipinski definition) is 0. The van der Waals surface area contributed by atoms with E-state index in [-0.39, 0.29) is 60.3 Å². The zero-order valence-electron chi connectivity index (χ0n) is 25.6. The van der Waals surface area contributed by atoms with Crippen LogP contribution < -0.4 is 15.3 Å². The Morgan fingerprint density at radius 3 is 0.940 bits per heavy atom. The van der Waals surface area contributed by atoms with E-state index < -0.39 is 17.9 Å². The van der Waals surface area contributed by atoms with Gasteiger partial charge < -0.3 is 35.2 Å². The Kier molecular flexibility index (Phi) is 20.8. The smallest absolute Gasteiger partial charge is 0.545 e. The fourth-order valence-corrected chi connectivity index (χ4v) is 4.30. The molecule has 0 fully saturated rings. The molecule has 3 aromatic heterocycles. The van der Waals surface area contributed by atoms with Crippen molar-refractivity contribution in [1.29, 1.82) is 0 Å². The molecule has 1 radical (unpaired) electrons. The molecule has 3 heterocycles. The average Bonchev–Trinajstić information content (AvgIpc) is 3.10. The Hall–Kier alpha value is -3.81. The topological polar surface area (TPSA) is 192 Å². The van der Waals surface area contributed by atoms with E-state index in [9.17, 15) is 29.7 Å². The van der Waals surface area contributed by atoms with Gasteiger partial charge in [0.05, 0.1) is 40.7 Å². The molecule has 0 atom stereocenters. The number of benzene rings is 3. The molecule has 6 rings (SSSR count). The number of pyridine rings is 3. The summed E-state index contributed by atoms with van der Waals surface area (Å²) in [5.74, 6) is -3.44. The van der Waals surface area contributed by atoms with Gasteiger partial charge in [-0.15, -0.1) is 0 Å². The second kappa shape index (κ2) is 23.6. The van der Waals surface area contributed by atoms with Crippen molar-refractivity contribution in [3.63, 3.8) is 0 Å². The molecule has 3 aromatic carbocycles. The van der Waals surface area contributed by atoms with Crippen molar-refractivity contribution >= 4 is 65.7 Å². The van der Waals surface area contributed by atoms with Gasteiger partial charge in [-0.2, -0.15) is 0 Å². The molecule has 10 nitrogen and oxygen atoms in total. The number of hydrogen-bond acceptors (Lipinski definition) is 9. The molecule has 0 bridgehead atoms. The predicted octanol–water partition coefficient (Wildman–Crippen LogP) is 4.72. The van der Waals surface area contributed by atoms with Crippen LogP contribution in [0.25, 0.3) is 22.8 Å². The van der Waals surface area contributed by atoms with Gasteiger partial charge in [0.1, 0.15) is 0 Å². The van der Waals surface area contributed by atoms with Crippen molar-refractivity contribution < 1.29 is 73.4 Å². The van der Waals surface area contributed by atoms with Crippen molar-refractivity contribution in [1.82, 2.24) is 15.0 Å². The van der Waals surface area contributed by atoms with Gasteiger partial charge in [0.2, 0.25) is 0 Å². The van der Waals surface area contributed by atoms with Crippen molar-refractivity contribution in [2.24, 2.45) is 0 Å². The van der Waals surface area contributed by atoms with Crippen LogP contribution in [0.4, 0.5) is 0 Å². The number of aromatic nitrogens is 3. The van der Waals surface area contributed by atoms with Crippen LogP contribution in [0.2, 0.25) is 0 Å². The minimum atomic E-state index is -1.15. The van der Waals surface area contributed by atoms with Crippen LogP contribution in [0.5, 0.6) is 0 Å². The summed E-state index contributed by atoms with van der Waals surface area (Å²) in [6.45, 7) is 0. The summed E-state index contributed by atoms with van der Waals surface area (Å²) in [5, 5.41) is 30.6. The van der Waals surface area contributed by atoms with Crippen LogP contribution in [-0.2, 0) is 5.48 Å². The fraction of sp³-hybridized carbons (Fsp3) is 0. The van der Waals surface area contributed by atoms with Crippen molar-refractivity contribution in [2.45, 2.75) is 0 Å². The number of carboxylic acids is 3. The predicted molar refractivity (Wildman–Crippen MR) is 191 cm³/mol. The maximum Gasteiger partial charge on any atom is 3.00 e. The van der Waals surface area contributed by atoms with Crippen molar-refractivity contribution in [2.75, 3.05) is 0 Å². The first-order valence-corrected chi connectivity index (χ1v) is 16.1. The standard InChI is InChI=1S/C15H11N3.3C7H5BrO2.Dy.H2O/c1-3-10-16-12(6-1)14-8-5-9-15(18-14)13-7-2-4-11-17-13;3*8-6-3-1-5(2-4-6)7(9)10;;/h1-11H;3*1-4H,(H,9,10);;1H2/q;;;;+3;/p-2. The summed E-state index contributed by atoms with van der Waals surface area (Å²) >= 11 is 9.54. The molecule has 3 N–H and O–H groups in total. The van der Waals surface area contributed by atoms with Gasteiger partial charge in [-0.3, -0.25) is 9.97 Å². The van der Waals surface area contributed by atoms with Crippen LogP contribution in [0.1, 0.15) is 31.1 Å². The van der Waals surface area contributed by atoms with Crippen molar-refractivity contribution in [3.05, 3.63) is 170 Å². The third-order valence-electron chi connectivity index (χ3n) is 5.84. The van der Waals surface area contributed by atoms with Crippen LogP contribution in [0, 0.1) is 38.2 Å². The molecule has 14 heteroatoms. The quantitative estimate of drug-likeness (QED) is 0.220. The Morgan fingerprint density at radius 1 is 0.420 bits per heavy atom. The summed E-state index contributed by atoms with van der Waals surface area (Å²) in [5.41, 5.74) is 4.05. The summed E-state index contributed by atoms with van der Waals surface area (Å²) in [7, 11) is 0. The minimum absolute atomic E-state index is 0. The number of halogens is 3. The third-order valence-corrected chi connectivity index (χ3v) is 7.43. The third kappa shape index (κ3) is 15.8. The summed E-state index contributed by atoms with van der Waals surface area (Å²) < 4.78 is 2.58. The Labute approximate surface area is 343 Å². The summed E-state index contributed by atoms with van der Waals surface area (Å²) in [6, 6.07) is 36.3. The number of carbonyl (C=O) groups excluding carboxylic acids is 3. The van der Waals surface area contributed by atoms with Crippen LogP contribution >= 0.6 is 47.8 Å². The maximum absolute atomic E-state index is 10.2. The maximum atomic E-state index is 10.2. The summed E-state index contributed by atoms with van der Waals surface area (Å²) in [4.78, 5) is 43.7. The van der Waals surface area contributed by atoms with E-state index in [1.165, 1.54) is 36.4 Å². The molecule has 50 heavy (non-hydrogen) atoms. The zero-order chi connectivity index (χ0) is 34.9. The Bertz CT molecular complexity index is 1730. The Morgan fingerprint density at radius 2 is 0.700 bits per heavy atom. The van der Waals surface area contributed by atoms with Gasteiger partial charge in [0.15, 0.2) is 0 Å². The molecule has 0 aliphatic carbocycles. The van der Waals surface area contributed by atoms with E-state index in [0.717, 1.165) is 36.2 Å². The molecule has 0 unspecified atom stereocenters. The van der Waals surface area contributed by atoms with Gasteiger partial charge in [-0.05, 0) is 89.5 Å². The van der Waals surface area contributed by atoms with Gasteiger partial charge in [0, 0.05) is 25.8 Å². The number of carbonyl (C=O) groups is 3. The number of aromatic carboxylic acids is 3. The molecule has 6 aromatic rings. The molecule has 0 saturated heterocycles. The SMILES string of the molecule is O=C([O-])c1ccc(Br)cc1.O=C([O-])c1ccc(Br)cc1.O=C([O-])c1ccc(Br)cc1.[Dy+3].[OH3+].c1ccc(-c2cccc(-c3ccccn3)n2)nc1. The molecule has 257 valence electrons. The van der Waals surface area contributed by atoms with Gasteiger partial charge in [-0.25, -0.2) is 4.98 Å². The number of carboxylic acid groups (broad SMARTS) is 3. The number of nitrogens with zero attached hydrogens (tertiary/aromatic N) is 3. The summed E-state index contributed by atoms with van der Waals surface area (Å²) in [6.07, 6.45) is 3.54. The van der Waals surface area contributed by atoms with E-state index in [0.29, 0.717) is 0 Å². The first kappa shape index (κ1) is 44.2. The van der Waals surface area contributed by atoms with E-state index in [4.69, 9.17) is 0 Å². The van der Waals surface area contributed by atoms with E-state index in [2.05, 4.69) is 62.7 Å². The first-order chi connectivity index (χ1) is 23.0. The van der Waals surface area contributed by atoms with E-state index in [1.54, 1.807) is 48.8 Å². The molecule has 0 amide bonds. The molecular formula is C36H26Br3DyN3O7+. The molecular weight excluding hydrogens is 989 g/mol. The molecule has 0 aliphatic rings. The zero-order valence-corrected chi connectivity index (χ0v) is 32.4. The van der Waals surface area contributed by atoms with Crippen LogP contribution in [0.3, 0.4) is 0 Å². The molecule has 0 aliphatic heterocycles.